The first-order valence-corrected chi connectivity index (χ1v) is 10.2. The summed E-state index contributed by atoms with van der Waals surface area (Å²) in [6.45, 7) is 4.01. The van der Waals surface area contributed by atoms with Gasteiger partial charge in [0.1, 0.15) is 17.9 Å². The number of aryl methyl sites for hydroxylation is 2. The summed E-state index contributed by atoms with van der Waals surface area (Å²) in [5.41, 5.74) is 1.52. The van der Waals surface area contributed by atoms with Crippen LogP contribution in [0.3, 0.4) is 0 Å². The maximum absolute atomic E-state index is 12.4. The zero-order valence-electron chi connectivity index (χ0n) is 18.3. The number of amides is 1. The lowest BCUT2D eigenvalue weighted by atomic mass is 9.97. The lowest BCUT2D eigenvalue weighted by Gasteiger charge is -2.26. The topological polar surface area (TPSA) is 99.9 Å². The Morgan fingerprint density at radius 1 is 1.19 bits per heavy atom. The van der Waals surface area contributed by atoms with Gasteiger partial charge in [-0.2, -0.15) is 0 Å². The van der Waals surface area contributed by atoms with E-state index in [4.69, 9.17) is 18.7 Å². The molecule has 1 aromatic heterocycles. The van der Waals surface area contributed by atoms with E-state index in [0.717, 1.165) is 29.7 Å². The molecule has 31 heavy (non-hydrogen) atoms. The van der Waals surface area contributed by atoms with E-state index >= 15 is 0 Å². The Bertz CT molecular complexity index is 953. The van der Waals surface area contributed by atoms with Crippen molar-refractivity contribution in [2.45, 2.75) is 51.7 Å². The van der Waals surface area contributed by atoms with Gasteiger partial charge in [0.25, 0.3) is 0 Å². The van der Waals surface area contributed by atoms with Crippen LogP contribution >= 0.6 is 0 Å². The Balaban J connectivity index is 1.67. The molecule has 8 heteroatoms. The van der Waals surface area contributed by atoms with E-state index in [1.54, 1.807) is 25.3 Å². The minimum atomic E-state index is -0.927. The van der Waals surface area contributed by atoms with Crippen molar-refractivity contribution in [1.82, 2.24) is 10.5 Å². The summed E-state index contributed by atoms with van der Waals surface area (Å²) in [4.78, 5) is 24.6. The fourth-order valence-electron chi connectivity index (χ4n) is 3.77. The van der Waals surface area contributed by atoms with Crippen molar-refractivity contribution in [1.29, 1.82) is 0 Å². The molecular weight excluding hydrogens is 400 g/mol. The number of ether oxygens (including phenoxy) is 3. The summed E-state index contributed by atoms with van der Waals surface area (Å²) in [6.07, 6.45) is 6.00. The van der Waals surface area contributed by atoms with E-state index in [-0.39, 0.29) is 5.91 Å². The third-order valence-corrected chi connectivity index (χ3v) is 5.56. The second-order valence-electron chi connectivity index (χ2n) is 7.61. The molecule has 1 N–H and O–H groups in total. The van der Waals surface area contributed by atoms with E-state index in [9.17, 15) is 9.59 Å². The van der Waals surface area contributed by atoms with Crippen LogP contribution in [0, 0.1) is 13.8 Å². The largest absolute Gasteiger partial charge is 0.493 e. The molecule has 0 radical (unpaired) electrons. The molecule has 0 unspecified atom stereocenters. The third-order valence-electron chi connectivity index (χ3n) is 5.56. The van der Waals surface area contributed by atoms with Crippen LogP contribution in [-0.2, 0) is 20.9 Å². The Morgan fingerprint density at radius 2 is 1.94 bits per heavy atom. The number of benzene rings is 1. The van der Waals surface area contributed by atoms with Crippen molar-refractivity contribution >= 4 is 18.0 Å². The molecule has 0 spiro atoms. The van der Waals surface area contributed by atoms with Crippen LogP contribution in [0.1, 0.15) is 48.3 Å². The molecule has 0 saturated heterocycles. The van der Waals surface area contributed by atoms with Gasteiger partial charge in [0.05, 0.1) is 25.5 Å². The molecule has 1 amide bonds. The molecule has 0 aliphatic heterocycles. The lowest BCUT2D eigenvalue weighted by molar-refractivity contribution is -0.150. The number of hydrogen-bond donors (Lipinski definition) is 1. The number of rotatable bonds is 8. The minimum Gasteiger partial charge on any atom is -0.493 e. The molecule has 1 saturated carbocycles. The van der Waals surface area contributed by atoms with Crippen molar-refractivity contribution in [2.75, 3.05) is 14.2 Å². The van der Waals surface area contributed by atoms with E-state index in [1.807, 2.05) is 19.9 Å². The Morgan fingerprint density at radius 3 is 2.55 bits per heavy atom. The molecular formula is C23H28N2O6. The number of aromatic nitrogens is 1. The first-order valence-electron chi connectivity index (χ1n) is 10.2. The number of methoxy groups -OCH3 is 2. The van der Waals surface area contributed by atoms with Crippen molar-refractivity contribution in [3.8, 4) is 11.5 Å². The zero-order valence-corrected chi connectivity index (χ0v) is 18.3. The van der Waals surface area contributed by atoms with Crippen molar-refractivity contribution in [3.05, 3.63) is 46.9 Å². The summed E-state index contributed by atoms with van der Waals surface area (Å²) >= 11 is 0. The lowest BCUT2D eigenvalue weighted by Crippen LogP contribution is -2.52. The monoisotopic (exact) mass is 428 g/mol. The molecule has 3 rings (SSSR count). The molecule has 166 valence electrons. The van der Waals surface area contributed by atoms with Gasteiger partial charge in [-0.15, -0.1) is 0 Å². The van der Waals surface area contributed by atoms with Crippen LogP contribution in [0.5, 0.6) is 11.5 Å². The Kier molecular flexibility index (Phi) is 6.99. The fourth-order valence-corrected chi connectivity index (χ4v) is 3.77. The average molecular weight is 428 g/mol. The maximum Gasteiger partial charge on any atom is 0.331 e. The number of hydrogen-bond acceptors (Lipinski definition) is 7. The van der Waals surface area contributed by atoms with Crippen molar-refractivity contribution in [2.24, 2.45) is 0 Å². The highest BCUT2D eigenvalue weighted by molar-refractivity contribution is 5.96. The molecule has 1 heterocycles. The fraction of sp³-hybridized carbons (Fsp3) is 0.435. The van der Waals surface area contributed by atoms with Gasteiger partial charge in [0.2, 0.25) is 5.91 Å². The van der Waals surface area contributed by atoms with E-state index < -0.39 is 11.5 Å². The van der Waals surface area contributed by atoms with Crippen molar-refractivity contribution in [3.63, 3.8) is 0 Å². The predicted molar refractivity (Wildman–Crippen MR) is 114 cm³/mol. The van der Waals surface area contributed by atoms with Gasteiger partial charge in [0, 0.05) is 6.08 Å². The molecule has 0 atom stereocenters. The van der Waals surface area contributed by atoms with Crippen molar-refractivity contribution < 1.29 is 28.3 Å². The van der Waals surface area contributed by atoms with Crippen LogP contribution < -0.4 is 14.8 Å². The first-order chi connectivity index (χ1) is 14.9. The maximum atomic E-state index is 12.4. The zero-order chi connectivity index (χ0) is 22.4. The number of nitrogens with one attached hydrogen (secondary N) is 1. The first kappa shape index (κ1) is 22.4. The summed E-state index contributed by atoms with van der Waals surface area (Å²) < 4.78 is 21.4. The summed E-state index contributed by atoms with van der Waals surface area (Å²) in [7, 11) is 2.89. The number of esters is 1. The van der Waals surface area contributed by atoms with E-state index in [2.05, 4.69) is 10.5 Å². The SMILES string of the molecule is COC(=O)C1(NC(=O)/C=C/c2ccc(OCc3c(C)noc3C)c(OC)c2)CCCC1. The molecule has 0 bridgehead atoms. The minimum absolute atomic E-state index is 0.310. The molecule has 1 aliphatic carbocycles. The number of carbonyl (C=O) groups excluding carboxylic acids is 2. The molecule has 1 aromatic carbocycles. The normalized spacial score (nSPS) is 15.1. The standard InChI is InChI=1S/C23H28N2O6/c1-15-18(16(2)31-25-15)14-30-19-9-7-17(13-20(19)28-3)8-10-21(26)24-23(22(27)29-4)11-5-6-12-23/h7-10,13H,5-6,11-12,14H2,1-4H3,(H,24,26)/b10-8+. The highest BCUT2D eigenvalue weighted by Gasteiger charge is 2.43. The van der Waals surface area contributed by atoms with Gasteiger partial charge >= 0.3 is 5.97 Å². The van der Waals surface area contributed by atoms with Crippen LogP contribution in [-0.4, -0.2) is 36.8 Å². The highest BCUT2D eigenvalue weighted by Crippen LogP contribution is 2.31. The van der Waals surface area contributed by atoms with Crippen LogP contribution in [0.2, 0.25) is 0 Å². The van der Waals surface area contributed by atoms with Crippen LogP contribution in [0.25, 0.3) is 6.08 Å². The Labute approximate surface area is 181 Å². The summed E-state index contributed by atoms with van der Waals surface area (Å²) in [6, 6.07) is 5.38. The molecule has 8 nitrogen and oxygen atoms in total. The van der Waals surface area contributed by atoms with E-state index in [1.165, 1.54) is 13.2 Å². The Hall–Kier alpha value is -3.29. The second kappa shape index (κ2) is 9.68. The highest BCUT2D eigenvalue weighted by atomic mass is 16.5. The molecule has 1 aliphatic rings. The van der Waals surface area contributed by atoms with Gasteiger partial charge in [-0.05, 0) is 50.5 Å². The smallest absolute Gasteiger partial charge is 0.331 e. The molecule has 2 aromatic rings. The average Bonchev–Trinajstić information content (AvgIpc) is 3.37. The summed E-state index contributed by atoms with van der Waals surface area (Å²) in [5, 5.41) is 6.75. The van der Waals surface area contributed by atoms with Crippen LogP contribution in [0.15, 0.2) is 28.8 Å². The summed E-state index contributed by atoms with van der Waals surface area (Å²) in [5.74, 6) is 1.09. The van der Waals surface area contributed by atoms with Crippen LogP contribution in [0.4, 0.5) is 0 Å². The quantitative estimate of drug-likeness (QED) is 0.507. The van der Waals surface area contributed by atoms with Gasteiger partial charge < -0.3 is 24.1 Å². The molecule has 1 fully saturated rings. The predicted octanol–water partition coefficient (Wildman–Crippen LogP) is 3.49. The number of nitrogens with zero attached hydrogens (tertiary/aromatic N) is 1. The number of carbonyl (C=O) groups is 2. The van der Waals surface area contributed by atoms with E-state index in [0.29, 0.717) is 36.7 Å². The van der Waals surface area contributed by atoms with Gasteiger partial charge in [-0.25, -0.2) is 4.79 Å². The third kappa shape index (κ3) is 5.07. The van der Waals surface area contributed by atoms with Gasteiger partial charge in [-0.1, -0.05) is 24.1 Å². The second-order valence-corrected chi connectivity index (χ2v) is 7.61. The van der Waals surface area contributed by atoms with Gasteiger partial charge in [0.15, 0.2) is 11.5 Å². The van der Waals surface area contributed by atoms with Gasteiger partial charge in [-0.3, -0.25) is 4.79 Å².